The highest BCUT2D eigenvalue weighted by molar-refractivity contribution is 9.10. The van der Waals surface area contributed by atoms with Crippen LogP contribution in [0.5, 0.6) is 0 Å². The highest BCUT2D eigenvalue weighted by Crippen LogP contribution is 2.37. The Hall–Kier alpha value is -0.700. The van der Waals surface area contributed by atoms with E-state index in [0.717, 1.165) is 4.47 Å². The molecule has 82 valence electrons. The van der Waals surface area contributed by atoms with Crippen LogP contribution in [0.2, 0.25) is 0 Å². The summed E-state index contributed by atoms with van der Waals surface area (Å²) in [7, 11) is 2.16. The summed E-state index contributed by atoms with van der Waals surface area (Å²) in [5.74, 6) is 0. The van der Waals surface area contributed by atoms with Gasteiger partial charge in [0.25, 0.3) is 0 Å². The van der Waals surface area contributed by atoms with Crippen LogP contribution in [0, 0.1) is 6.92 Å². The van der Waals surface area contributed by atoms with Crippen LogP contribution in [0.1, 0.15) is 19.4 Å². The molecule has 0 spiro atoms. The van der Waals surface area contributed by atoms with Crippen molar-refractivity contribution in [2.75, 3.05) is 17.3 Å². The lowest BCUT2D eigenvalue weighted by molar-refractivity contribution is 0.586. The topological polar surface area (TPSA) is 15.3 Å². The first-order valence-electron chi connectivity index (χ1n) is 5.30. The fraction of sp³-hybridized carbons (Fsp3) is 0.500. The van der Waals surface area contributed by atoms with Crippen LogP contribution in [-0.4, -0.2) is 19.1 Å². The number of nitrogens with zero attached hydrogens (tertiary/aromatic N) is 1. The number of halogens is 1. The van der Waals surface area contributed by atoms with Gasteiger partial charge in [-0.05, 0) is 38.5 Å². The molecule has 0 aliphatic carbocycles. The molecule has 0 bridgehead atoms. The number of aryl methyl sites for hydroxylation is 1. The molecule has 1 N–H and O–H groups in total. The van der Waals surface area contributed by atoms with Gasteiger partial charge in [0, 0.05) is 23.6 Å². The van der Waals surface area contributed by atoms with Crippen molar-refractivity contribution in [3.63, 3.8) is 0 Å². The molecule has 2 rings (SSSR count). The Bertz CT molecular complexity index is 389. The van der Waals surface area contributed by atoms with Crippen molar-refractivity contribution in [1.29, 1.82) is 0 Å². The first kappa shape index (κ1) is 10.8. The van der Waals surface area contributed by atoms with Crippen LogP contribution in [0.4, 0.5) is 11.4 Å². The zero-order valence-electron chi connectivity index (χ0n) is 9.63. The van der Waals surface area contributed by atoms with Crippen molar-refractivity contribution in [2.24, 2.45) is 0 Å². The first-order chi connectivity index (χ1) is 7.00. The van der Waals surface area contributed by atoms with Gasteiger partial charge in [-0.2, -0.15) is 0 Å². The molecule has 0 radical (unpaired) electrons. The first-order valence-corrected chi connectivity index (χ1v) is 6.09. The lowest BCUT2D eigenvalue weighted by atomic mass is 10.0. The molecule has 0 saturated carbocycles. The molecule has 3 heteroatoms. The van der Waals surface area contributed by atoms with Gasteiger partial charge in [-0.15, -0.1) is 0 Å². The van der Waals surface area contributed by atoms with Gasteiger partial charge in [0.1, 0.15) is 0 Å². The van der Waals surface area contributed by atoms with E-state index in [4.69, 9.17) is 0 Å². The molecule has 2 atom stereocenters. The van der Waals surface area contributed by atoms with Gasteiger partial charge in [-0.25, -0.2) is 0 Å². The Morgan fingerprint density at radius 3 is 2.67 bits per heavy atom. The van der Waals surface area contributed by atoms with E-state index in [1.165, 1.54) is 16.9 Å². The Labute approximate surface area is 99.8 Å². The molecule has 1 aromatic carbocycles. The maximum atomic E-state index is 3.57. The van der Waals surface area contributed by atoms with E-state index in [9.17, 15) is 0 Å². The minimum absolute atomic E-state index is 0.488. The molecule has 0 saturated heterocycles. The third-order valence-corrected chi connectivity index (χ3v) is 3.82. The van der Waals surface area contributed by atoms with Crippen LogP contribution in [-0.2, 0) is 0 Å². The molecular formula is C12H17BrN2. The number of hydrogen-bond donors (Lipinski definition) is 1. The highest BCUT2D eigenvalue weighted by Gasteiger charge is 2.26. The van der Waals surface area contributed by atoms with Gasteiger partial charge < -0.3 is 10.2 Å². The van der Waals surface area contributed by atoms with Crippen molar-refractivity contribution >= 4 is 27.3 Å². The number of hydrogen-bond acceptors (Lipinski definition) is 2. The Morgan fingerprint density at radius 2 is 2.00 bits per heavy atom. The zero-order chi connectivity index (χ0) is 11.2. The lowest BCUT2D eigenvalue weighted by Gasteiger charge is -2.40. The van der Waals surface area contributed by atoms with E-state index in [1.54, 1.807) is 0 Å². The summed E-state index contributed by atoms with van der Waals surface area (Å²) < 4.78 is 1.15. The maximum absolute atomic E-state index is 3.57. The molecule has 0 aromatic heterocycles. The second-order valence-corrected chi connectivity index (χ2v) is 5.32. The van der Waals surface area contributed by atoms with Gasteiger partial charge in [-0.1, -0.05) is 15.9 Å². The van der Waals surface area contributed by atoms with Crippen LogP contribution in [0.25, 0.3) is 0 Å². The van der Waals surface area contributed by atoms with Gasteiger partial charge in [0.15, 0.2) is 0 Å². The second-order valence-electron chi connectivity index (χ2n) is 4.40. The summed E-state index contributed by atoms with van der Waals surface area (Å²) in [4.78, 5) is 2.34. The predicted octanol–water partition coefficient (Wildman–Crippen LogP) is 3.40. The van der Waals surface area contributed by atoms with Gasteiger partial charge >= 0.3 is 0 Å². The van der Waals surface area contributed by atoms with E-state index in [0.29, 0.717) is 12.1 Å². The van der Waals surface area contributed by atoms with E-state index >= 15 is 0 Å². The standard InChI is InChI=1S/C12H17BrN2/c1-7-5-10(13)6-11-12(7)14-8(2)9(3)15(11)4/h5-6,8-9,14H,1-4H3. The number of fused-ring (bicyclic) bond motifs is 1. The minimum atomic E-state index is 0.488. The second kappa shape index (κ2) is 3.71. The molecule has 1 aliphatic heterocycles. The number of anilines is 2. The number of rotatable bonds is 0. The van der Waals surface area contributed by atoms with Crippen molar-refractivity contribution in [2.45, 2.75) is 32.9 Å². The smallest absolute Gasteiger partial charge is 0.0616 e. The highest BCUT2D eigenvalue weighted by atomic mass is 79.9. The van der Waals surface area contributed by atoms with Crippen LogP contribution in [0.15, 0.2) is 16.6 Å². The number of likely N-dealkylation sites (N-methyl/N-ethyl adjacent to an activating group) is 1. The Kier molecular flexibility index (Phi) is 2.67. The third-order valence-electron chi connectivity index (χ3n) is 3.37. The monoisotopic (exact) mass is 268 g/mol. The van der Waals surface area contributed by atoms with Gasteiger partial charge in [-0.3, -0.25) is 0 Å². The molecule has 1 aromatic rings. The molecule has 15 heavy (non-hydrogen) atoms. The Morgan fingerprint density at radius 1 is 1.33 bits per heavy atom. The van der Waals surface area contributed by atoms with Gasteiger partial charge in [0.2, 0.25) is 0 Å². The summed E-state index contributed by atoms with van der Waals surface area (Å²) in [6.07, 6.45) is 0. The summed E-state index contributed by atoms with van der Waals surface area (Å²) in [6, 6.07) is 5.34. The molecular weight excluding hydrogens is 252 g/mol. The fourth-order valence-electron chi connectivity index (χ4n) is 2.09. The van der Waals surface area contributed by atoms with Crippen molar-refractivity contribution in [1.82, 2.24) is 0 Å². The van der Waals surface area contributed by atoms with Crippen molar-refractivity contribution in [3.8, 4) is 0 Å². The van der Waals surface area contributed by atoms with E-state index in [2.05, 4.69) is 66.1 Å². The van der Waals surface area contributed by atoms with Crippen molar-refractivity contribution in [3.05, 3.63) is 22.2 Å². The molecule has 1 aliphatic rings. The molecule has 2 nitrogen and oxygen atoms in total. The predicted molar refractivity (Wildman–Crippen MR) is 69.8 cm³/mol. The molecule has 2 unspecified atom stereocenters. The maximum Gasteiger partial charge on any atom is 0.0616 e. The summed E-state index contributed by atoms with van der Waals surface area (Å²) in [5, 5.41) is 3.57. The summed E-state index contributed by atoms with van der Waals surface area (Å²) in [5.41, 5.74) is 3.85. The van der Waals surface area contributed by atoms with Gasteiger partial charge in [0.05, 0.1) is 11.4 Å². The number of nitrogens with one attached hydrogen (secondary N) is 1. The van der Waals surface area contributed by atoms with E-state index < -0.39 is 0 Å². The molecule has 0 fully saturated rings. The summed E-state index contributed by atoms with van der Waals surface area (Å²) in [6.45, 7) is 6.62. The van der Waals surface area contributed by atoms with Crippen LogP contribution >= 0.6 is 15.9 Å². The normalized spacial score (nSPS) is 24.7. The van der Waals surface area contributed by atoms with E-state index in [1.807, 2.05) is 0 Å². The number of benzene rings is 1. The SMILES string of the molecule is Cc1cc(Br)cc2c1NC(C)C(C)N2C. The van der Waals surface area contributed by atoms with Crippen molar-refractivity contribution < 1.29 is 0 Å². The quantitative estimate of drug-likeness (QED) is 0.776. The largest absolute Gasteiger partial charge is 0.379 e. The zero-order valence-corrected chi connectivity index (χ0v) is 11.2. The average Bonchev–Trinajstić information content (AvgIpc) is 2.17. The fourth-order valence-corrected chi connectivity index (χ4v) is 2.65. The third kappa shape index (κ3) is 1.73. The molecule has 0 amide bonds. The van der Waals surface area contributed by atoms with E-state index in [-0.39, 0.29) is 0 Å². The molecule has 1 heterocycles. The summed E-state index contributed by atoms with van der Waals surface area (Å²) >= 11 is 3.55. The minimum Gasteiger partial charge on any atom is -0.379 e. The lowest BCUT2D eigenvalue weighted by Crippen LogP contribution is -2.45. The van der Waals surface area contributed by atoms with Crippen LogP contribution < -0.4 is 10.2 Å². The van der Waals surface area contributed by atoms with Crippen LogP contribution in [0.3, 0.4) is 0 Å². The Balaban J connectivity index is 2.55. The average molecular weight is 269 g/mol.